The lowest BCUT2D eigenvalue weighted by molar-refractivity contribution is -0.146. The van der Waals surface area contributed by atoms with Crippen molar-refractivity contribution < 1.29 is 19.1 Å². The van der Waals surface area contributed by atoms with Crippen LogP contribution in [-0.4, -0.2) is 52.5 Å². The number of carbonyl (C=O) groups excluding carboxylic acids is 3. The van der Waals surface area contributed by atoms with E-state index in [4.69, 9.17) is 27.9 Å². The number of ether oxygens (including phenoxy) is 1. The molecule has 7 nitrogen and oxygen atoms in total. The van der Waals surface area contributed by atoms with E-state index in [2.05, 4.69) is 31.4 Å². The third-order valence-electron chi connectivity index (χ3n) is 10.5. The van der Waals surface area contributed by atoms with E-state index in [0.717, 1.165) is 44.9 Å². The molecule has 1 aromatic rings. The molecule has 9 heteroatoms. The average Bonchev–Trinajstić information content (AvgIpc) is 3.54. The summed E-state index contributed by atoms with van der Waals surface area (Å²) in [5.74, 6) is -1.04. The fraction of sp³-hybridized carbons (Fsp3) is 0.645. The Morgan fingerprint density at radius 2 is 1.65 bits per heavy atom. The van der Waals surface area contributed by atoms with E-state index in [1.165, 1.54) is 0 Å². The van der Waals surface area contributed by atoms with Crippen molar-refractivity contribution in [3.05, 3.63) is 40.4 Å². The quantitative estimate of drug-likeness (QED) is 0.439. The van der Waals surface area contributed by atoms with Crippen LogP contribution in [0.5, 0.6) is 0 Å². The van der Waals surface area contributed by atoms with Gasteiger partial charge in [-0.2, -0.15) is 0 Å². The standard InChI is InChI=1S/C31H39Cl2N3O4/c1-16-8-6-9-22(18(16)3)35-29(38)27-31-12-11-24(40-31)25(28(37)34-21-14-19(32)13-20(33)15-21)26(31)30(39)36(27)23-10-5-4-7-17(23)2/h11-18,22-27H,4-10H2,1-3H3,(H,34,37)(H,35,38). The Labute approximate surface area is 246 Å². The first-order valence-corrected chi connectivity index (χ1v) is 15.6. The highest BCUT2D eigenvalue weighted by atomic mass is 35.5. The molecule has 5 aliphatic rings. The lowest BCUT2D eigenvalue weighted by Gasteiger charge is -2.42. The summed E-state index contributed by atoms with van der Waals surface area (Å²) in [5, 5.41) is 7.07. The molecule has 10 unspecified atom stereocenters. The largest absolute Gasteiger partial charge is 0.359 e. The maximum atomic E-state index is 14.4. The van der Waals surface area contributed by atoms with Gasteiger partial charge in [0.1, 0.15) is 11.6 Å². The van der Waals surface area contributed by atoms with Gasteiger partial charge in [-0.15, -0.1) is 0 Å². The zero-order valence-corrected chi connectivity index (χ0v) is 24.9. The van der Waals surface area contributed by atoms with Crippen molar-refractivity contribution in [2.75, 3.05) is 5.32 Å². The normalized spacial score (nSPS) is 40.3. The number of rotatable bonds is 5. The van der Waals surface area contributed by atoms with Crippen LogP contribution in [0.1, 0.15) is 65.7 Å². The second-order valence-electron chi connectivity index (χ2n) is 12.8. The van der Waals surface area contributed by atoms with Crippen molar-refractivity contribution in [2.45, 2.75) is 95.5 Å². The summed E-state index contributed by atoms with van der Waals surface area (Å²) in [6, 6.07) is 4.03. The minimum atomic E-state index is -1.17. The molecule has 0 aromatic heterocycles. The van der Waals surface area contributed by atoms with E-state index in [-0.39, 0.29) is 35.7 Å². The Hall–Kier alpha value is -2.09. The van der Waals surface area contributed by atoms with Gasteiger partial charge in [0.25, 0.3) is 0 Å². The van der Waals surface area contributed by atoms with Crippen LogP contribution < -0.4 is 10.6 Å². The molecule has 0 radical (unpaired) electrons. The number of nitrogens with zero attached hydrogens (tertiary/aromatic N) is 1. The van der Waals surface area contributed by atoms with Crippen LogP contribution in [0.25, 0.3) is 0 Å². The first-order valence-electron chi connectivity index (χ1n) is 14.9. The summed E-state index contributed by atoms with van der Waals surface area (Å²) in [4.78, 5) is 44.3. The topological polar surface area (TPSA) is 87.7 Å². The first-order chi connectivity index (χ1) is 19.1. The van der Waals surface area contributed by atoms with Gasteiger partial charge in [0.05, 0.1) is 17.9 Å². The number of hydrogen-bond donors (Lipinski definition) is 2. The summed E-state index contributed by atoms with van der Waals surface area (Å²) in [6.45, 7) is 6.62. The van der Waals surface area contributed by atoms with Crippen LogP contribution in [-0.2, 0) is 19.1 Å². The fourth-order valence-corrected chi connectivity index (χ4v) is 8.70. The molecule has 2 saturated carbocycles. The zero-order chi connectivity index (χ0) is 28.3. The van der Waals surface area contributed by atoms with Crippen molar-refractivity contribution in [1.29, 1.82) is 0 Å². The Morgan fingerprint density at radius 3 is 2.38 bits per heavy atom. The second-order valence-corrected chi connectivity index (χ2v) is 13.7. The molecule has 2 N–H and O–H groups in total. The smallest absolute Gasteiger partial charge is 0.246 e. The number of halogens is 2. The Balaban J connectivity index is 1.34. The molecular weight excluding hydrogens is 549 g/mol. The molecule has 3 heterocycles. The predicted molar refractivity (Wildman–Crippen MR) is 155 cm³/mol. The molecule has 1 spiro atoms. The number of nitrogens with one attached hydrogen (secondary N) is 2. The van der Waals surface area contributed by atoms with Gasteiger partial charge < -0.3 is 20.3 Å². The van der Waals surface area contributed by atoms with Gasteiger partial charge in [-0.05, 0) is 55.2 Å². The van der Waals surface area contributed by atoms with Gasteiger partial charge in [-0.3, -0.25) is 14.4 Å². The molecule has 6 rings (SSSR count). The van der Waals surface area contributed by atoms with Gasteiger partial charge in [-0.1, -0.05) is 81.8 Å². The lowest BCUT2D eigenvalue weighted by atomic mass is 9.73. The van der Waals surface area contributed by atoms with Crippen molar-refractivity contribution in [3.8, 4) is 0 Å². The molecule has 1 aromatic carbocycles. The maximum absolute atomic E-state index is 14.4. The number of benzene rings is 1. The highest BCUT2D eigenvalue weighted by molar-refractivity contribution is 6.35. The van der Waals surface area contributed by atoms with Crippen molar-refractivity contribution >= 4 is 46.6 Å². The summed E-state index contributed by atoms with van der Waals surface area (Å²) < 4.78 is 6.55. The van der Waals surface area contributed by atoms with E-state index in [1.54, 1.807) is 18.2 Å². The van der Waals surface area contributed by atoms with Crippen LogP contribution in [0.15, 0.2) is 30.4 Å². The SMILES string of the molecule is CC1CCCC(NC(=O)C2N(C3CCCCC3C)C(=O)C3C(C(=O)Nc4cc(Cl)cc(Cl)c4)C4C=CC32O4)C1C. The molecule has 2 saturated heterocycles. The molecule has 3 amide bonds. The number of carbonyl (C=O) groups is 3. The van der Waals surface area contributed by atoms with Crippen LogP contribution in [0.2, 0.25) is 10.0 Å². The average molecular weight is 589 g/mol. The summed E-state index contributed by atoms with van der Waals surface area (Å²) in [7, 11) is 0. The molecule has 4 fully saturated rings. The van der Waals surface area contributed by atoms with Gasteiger partial charge in [0, 0.05) is 27.8 Å². The summed E-state index contributed by atoms with van der Waals surface area (Å²) in [5.41, 5.74) is -0.707. The number of likely N-dealkylation sites (tertiary alicyclic amines) is 1. The lowest BCUT2D eigenvalue weighted by Crippen LogP contribution is -2.60. The molecule has 40 heavy (non-hydrogen) atoms. The van der Waals surface area contributed by atoms with Gasteiger partial charge >= 0.3 is 0 Å². The van der Waals surface area contributed by atoms with Crippen LogP contribution in [0.4, 0.5) is 5.69 Å². The molecule has 3 aliphatic heterocycles. The molecule has 2 aliphatic carbocycles. The second kappa shape index (κ2) is 10.6. The van der Waals surface area contributed by atoms with E-state index in [0.29, 0.717) is 27.6 Å². The van der Waals surface area contributed by atoms with Gasteiger partial charge in [-0.25, -0.2) is 0 Å². The Bertz CT molecular complexity index is 1220. The van der Waals surface area contributed by atoms with Crippen LogP contribution in [0.3, 0.4) is 0 Å². The monoisotopic (exact) mass is 587 g/mol. The van der Waals surface area contributed by atoms with Crippen molar-refractivity contribution in [1.82, 2.24) is 10.2 Å². The Kier molecular flexibility index (Phi) is 7.46. The minimum Gasteiger partial charge on any atom is -0.359 e. The van der Waals surface area contributed by atoms with Crippen molar-refractivity contribution in [3.63, 3.8) is 0 Å². The molecule has 216 valence electrons. The molecule has 2 bridgehead atoms. The van der Waals surface area contributed by atoms with Crippen molar-refractivity contribution in [2.24, 2.45) is 29.6 Å². The van der Waals surface area contributed by atoms with Gasteiger partial charge in [0.2, 0.25) is 17.7 Å². The van der Waals surface area contributed by atoms with E-state index >= 15 is 0 Å². The highest BCUT2D eigenvalue weighted by Gasteiger charge is 2.73. The Morgan fingerprint density at radius 1 is 0.950 bits per heavy atom. The maximum Gasteiger partial charge on any atom is 0.246 e. The number of hydrogen-bond acceptors (Lipinski definition) is 4. The molecule has 10 atom stereocenters. The van der Waals surface area contributed by atoms with E-state index < -0.39 is 29.6 Å². The third-order valence-corrected chi connectivity index (χ3v) is 10.9. The predicted octanol–water partition coefficient (Wildman–Crippen LogP) is 5.60. The number of amides is 3. The van der Waals surface area contributed by atoms with Crippen LogP contribution >= 0.6 is 23.2 Å². The van der Waals surface area contributed by atoms with E-state index in [1.807, 2.05) is 17.1 Å². The van der Waals surface area contributed by atoms with Crippen LogP contribution in [0, 0.1) is 29.6 Å². The van der Waals surface area contributed by atoms with Gasteiger partial charge in [0.15, 0.2) is 0 Å². The number of fused-ring (bicyclic) bond motifs is 1. The fourth-order valence-electron chi connectivity index (χ4n) is 8.17. The first kappa shape index (κ1) is 28.0. The third kappa shape index (κ3) is 4.57. The summed E-state index contributed by atoms with van der Waals surface area (Å²) >= 11 is 12.3. The number of anilines is 1. The van der Waals surface area contributed by atoms with E-state index in [9.17, 15) is 14.4 Å². The minimum absolute atomic E-state index is 0.0571. The summed E-state index contributed by atoms with van der Waals surface area (Å²) in [6.07, 6.45) is 10.3. The highest BCUT2D eigenvalue weighted by Crippen LogP contribution is 2.56. The zero-order valence-electron chi connectivity index (χ0n) is 23.4. The molecular formula is C31H39Cl2N3O4.